The van der Waals surface area contributed by atoms with Crippen molar-refractivity contribution in [2.45, 2.75) is 25.5 Å². The molecule has 4 rings (SSSR count). The van der Waals surface area contributed by atoms with E-state index in [1.165, 1.54) is 0 Å². The van der Waals surface area contributed by atoms with Gasteiger partial charge in [0.15, 0.2) is 11.4 Å². The molecule has 1 saturated heterocycles. The molecule has 0 aliphatic carbocycles. The van der Waals surface area contributed by atoms with Gasteiger partial charge in [-0.25, -0.2) is 9.79 Å². The summed E-state index contributed by atoms with van der Waals surface area (Å²) in [4.78, 5) is 22.1. The van der Waals surface area contributed by atoms with Crippen molar-refractivity contribution in [3.05, 3.63) is 71.4 Å². The number of ether oxygens (including phenoxy) is 1. The van der Waals surface area contributed by atoms with Gasteiger partial charge in [-0.15, -0.1) is 0 Å². The van der Waals surface area contributed by atoms with Crippen LogP contribution in [0.3, 0.4) is 0 Å². The smallest absolute Gasteiger partial charge is 0.351 e. The van der Waals surface area contributed by atoms with Crippen LogP contribution in [0.15, 0.2) is 70.9 Å². The molecule has 0 atom stereocenters. The van der Waals surface area contributed by atoms with Gasteiger partial charge in [-0.3, -0.25) is 0 Å². The Hall–Kier alpha value is -3.63. The summed E-state index contributed by atoms with van der Waals surface area (Å²) >= 11 is 0. The van der Waals surface area contributed by atoms with Crippen LogP contribution in [0.1, 0.15) is 18.4 Å². The van der Waals surface area contributed by atoms with Crippen LogP contribution in [0, 0.1) is 11.3 Å². The summed E-state index contributed by atoms with van der Waals surface area (Å²) in [6, 6.07) is 19.6. The van der Waals surface area contributed by atoms with E-state index in [2.05, 4.69) is 35.3 Å². The Bertz CT molecular complexity index is 1080. The third kappa shape index (κ3) is 4.66. The van der Waals surface area contributed by atoms with Crippen molar-refractivity contribution in [2.24, 2.45) is 4.99 Å². The number of aliphatic imine (C=N–C) groups is 1. The lowest BCUT2D eigenvalue weighted by Gasteiger charge is -2.38. The van der Waals surface area contributed by atoms with Crippen LogP contribution in [0.25, 0.3) is 0 Å². The third-order valence-corrected chi connectivity index (χ3v) is 5.89. The molecule has 0 saturated carbocycles. The minimum Gasteiger partial charge on any atom is -0.457 e. The average molecular weight is 430 g/mol. The first-order chi connectivity index (χ1) is 15.6. The number of rotatable bonds is 4. The molecule has 32 heavy (non-hydrogen) atoms. The maximum absolute atomic E-state index is 12.9. The molecule has 7 heteroatoms. The maximum Gasteiger partial charge on any atom is 0.351 e. The highest BCUT2D eigenvalue weighted by atomic mass is 16.5. The second-order valence-electron chi connectivity index (χ2n) is 8.18. The van der Waals surface area contributed by atoms with Crippen molar-refractivity contribution < 1.29 is 9.53 Å². The quantitative estimate of drug-likeness (QED) is 0.454. The van der Waals surface area contributed by atoms with Crippen LogP contribution < -0.4 is 5.32 Å². The zero-order chi connectivity index (χ0) is 22.5. The predicted molar refractivity (Wildman–Crippen MR) is 124 cm³/mol. The van der Waals surface area contributed by atoms with Crippen molar-refractivity contribution in [3.63, 3.8) is 0 Å². The number of amidine groups is 1. The van der Waals surface area contributed by atoms with Crippen LogP contribution >= 0.6 is 0 Å². The number of esters is 1. The highest BCUT2D eigenvalue weighted by Crippen LogP contribution is 2.33. The van der Waals surface area contributed by atoms with Crippen molar-refractivity contribution in [3.8, 4) is 6.07 Å². The fourth-order valence-corrected chi connectivity index (χ4v) is 4.03. The van der Waals surface area contributed by atoms with Gasteiger partial charge < -0.3 is 19.9 Å². The van der Waals surface area contributed by atoms with Crippen molar-refractivity contribution in [1.82, 2.24) is 9.80 Å². The minimum atomic E-state index is -0.658. The largest absolute Gasteiger partial charge is 0.457 e. The maximum atomic E-state index is 12.9. The molecule has 0 spiro atoms. The number of likely N-dealkylation sites (tertiary alicyclic amines) is 1. The molecule has 164 valence electrons. The summed E-state index contributed by atoms with van der Waals surface area (Å²) in [5, 5.41) is 13.2. The second-order valence-corrected chi connectivity index (χ2v) is 8.18. The molecule has 0 bridgehead atoms. The number of benzene rings is 2. The van der Waals surface area contributed by atoms with Gasteiger partial charge in [0.1, 0.15) is 18.4 Å². The van der Waals surface area contributed by atoms with Gasteiger partial charge in [0.05, 0.1) is 11.4 Å². The number of hydrogen-bond acceptors (Lipinski definition) is 7. The molecule has 2 aromatic carbocycles. The molecule has 2 aromatic rings. The van der Waals surface area contributed by atoms with E-state index in [1.54, 1.807) is 0 Å². The number of carbonyl (C=O) groups is 1. The number of carbonyl (C=O) groups excluding carboxylic acids is 1. The molecule has 1 fully saturated rings. The summed E-state index contributed by atoms with van der Waals surface area (Å²) in [7, 11) is 4.19. The summed E-state index contributed by atoms with van der Waals surface area (Å²) in [6.07, 6.45) is 1.97. The fraction of sp³-hybridized carbons (Fsp3) is 0.320. The normalized spacial score (nSPS) is 17.7. The van der Waals surface area contributed by atoms with Gasteiger partial charge in [-0.2, -0.15) is 5.26 Å². The number of piperidine rings is 1. The number of nitrogens with zero attached hydrogens (tertiary/aromatic N) is 4. The molecular formula is C25H27N5O2. The molecule has 0 unspecified atom stereocenters. The van der Waals surface area contributed by atoms with E-state index >= 15 is 0 Å². The van der Waals surface area contributed by atoms with Crippen LogP contribution in [-0.2, 0) is 16.1 Å². The van der Waals surface area contributed by atoms with Crippen LogP contribution in [0.5, 0.6) is 0 Å². The Morgan fingerprint density at radius 1 is 1.16 bits per heavy atom. The number of nitriles is 1. The SMILES string of the molecule is CN(C)C1CCN(C2=Nc3ccccc3N/C2=C(/C#N)C(=O)OCc2ccccc2)CC1. The van der Waals surface area contributed by atoms with Gasteiger partial charge >= 0.3 is 5.97 Å². The number of hydrogen-bond donors (Lipinski definition) is 1. The van der Waals surface area contributed by atoms with E-state index in [0.717, 1.165) is 42.9 Å². The van der Waals surface area contributed by atoms with Crippen LogP contribution in [-0.4, -0.2) is 54.8 Å². The van der Waals surface area contributed by atoms with Gasteiger partial charge in [0.25, 0.3) is 0 Å². The van der Waals surface area contributed by atoms with E-state index in [9.17, 15) is 10.1 Å². The topological polar surface area (TPSA) is 81.0 Å². The van der Waals surface area contributed by atoms with E-state index in [1.807, 2.05) is 54.6 Å². The van der Waals surface area contributed by atoms with Gasteiger partial charge in [0, 0.05) is 19.1 Å². The number of fused-ring (bicyclic) bond motifs is 1. The third-order valence-electron chi connectivity index (χ3n) is 5.89. The fourth-order valence-electron chi connectivity index (χ4n) is 4.03. The second kappa shape index (κ2) is 9.67. The predicted octanol–water partition coefficient (Wildman–Crippen LogP) is 3.69. The molecule has 0 aromatic heterocycles. The van der Waals surface area contributed by atoms with Gasteiger partial charge in [-0.1, -0.05) is 42.5 Å². The number of nitrogens with one attached hydrogen (secondary N) is 1. The Morgan fingerprint density at radius 2 is 1.84 bits per heavy atom. The highest BCUT2D eigenvalue weighted by molar-refractivity contribution is 6.12. The molecule has 2 heterocycles. The van der Waals surface area contributed by atoms with E-state index < -0.39 is 5.97 Å². The Balaban J connectivity index is 1.63. The molecule has 2 aliphatic heterocycles. The average Bonchev–Trinajstić information content (AvgIpc) is 2.83. The first-order valence-corrected chi connectivity index (χ1v) is 10.8. The molecular weight excluding hydrogens is 402 g/mol. The summed E-state index contributed by atoms with van der Waals surface area (Å²) in [5.74, 6) is -0.0387. The van der Waals surface area contributed by atoms with Crippen molar-refractivity contribution in [2.75, 3.05) is 32.5 Å². The monoisotopic (exact) mass is 429 g/mol. The van der Waals surface area contributed by atoms with E-state index in [-0.39, 0.29) is 12.2 Å². The van der Waals surface area contributed by atoms with E-state index in [4.69, 9.17) is 9.73 Å². The standard InChI is InChI=1S/C25H27N5O2/c1-29(2)19-12-14-30(15-13-19)24-23(27-21-10-6-7-11-22(21)28-24)20(16-26)25(31)32-17-18-8-4-3-5-9-18/h3-11,19,27H,12-15,17H2,1-2H3/b23-20-. The molecule has 1 N–H and O–H groups in total. The lowest BCUT2D eigenvalue weighted by atomic mass is 10.0. The lowest BCUT2D eigenvalue weighted by Crippen LogP contribution is -2.46. The number of para-hydroxylation sites is 2. The lowest BCUT2D eigenvalue weighted by molar-refractivity contribution is -0.139. The summed E-state index contributed by atoms with van der Waals surface area (Å²) in [5.41, 5.74) is 2.76. The van der Waals surface area contributed by atoms with Crippen LogP contribution in [0.4, 0.5) is 11.4 Å². The highest BCUT2D eigenvalue weighted by Gasteiger charge is 2.31. The molecule has 7 nitrogen and oxygen atoms in total. The van der Waals surface area contributed by atoms with Gasteiger partial charge in [-0.05, 0) is 44.6 Å². The molecule has 2 aliphatic rings. The molecule has 0 amide bonds. The van der Waals surface area contributed by atoms with Crippen molar-refractivity contribution in [1.29, 1.82) is 5.26 Å². The first-order valence-electron chi connectivity index (χ1n) is 10.8. The zero-order valence-electron chi connectivity index (χ0n) is 18.4. The zero-order valence-corrected chi connectivity index (χ0v) is 18.4. The van der Waals surface area contributed by atoms with Crippen molar-refractivity contribution >= 4 is 23.2 Å². The Kier molecular flexibility index (Phi) is 6.52. The molecule has 0 radical (unpaired) electrons. The Labute approximate surface area is 188 Å². The summed E-state index contributed by atoms with van der Waals surface area (Å²) in [6.45, 7) is 1.70. The minimum absolute atomic E-state index is 0.0658. The van der Waals surface area contributed by atoms with E-state index in [0.29, 0.717) is 17.6 Å². The summed E-state index contributed by atoms with van der Waals surface area (Å²) < 4.78 is 5.47. The number of anilines is 1. The Morgan fingerprint density at radius 3 is 2.53 bits per heavy atom. The van der Waals surface area contributed by atoms with Gasteiger partial charge in [0.2, 0.25) is 0 Å². The first kappa shape index (κ1) is 21.6. The van der Waals surface area contributed by atoms with Crippen LogP contribution in [0.2, 0.25) is 0 Å².